The maximum Gasteiger partial charge on any atom is 0.325 e. The van der Waals surface area contributed by atoms with Gasteiger partial charge >= 0.3 is 5.97 Å². The molecule has 0 bridgehead atoms. The van der Waals surface area contributed by atoms with Crippen LogP contribution < -0.4 is 0 Å². The van der Waals surface area contributed by atoms with Crippen LogP contribution >= 0.6 is 23.2 Å². The van der Waals surface area contributed by atoms with Crippen LogP contribution in [0.25, 0.3) is 0 Å². The second-order valence-electron chi connectivity index (χ2n) is 4.13. The summed E-state index contributed by atoms with van der Waals surface area (Å²) in [5.74, 6) is -0.812. The topological polar surface area (TPSA) is 46.6 Å². The number of hydrogen-bond acceptors (Lipinski definition) is 3. The van der Waals surface area contributed by atoms with E-state index in [-0.39, 0.29) is 34.7 Å². The average molecular weight is 318 g/mol. The Morgan fingerprint density at radius 1 is 1.20 bits per heavy atom. The quantitative estimate of drug-likeness (QED) is 0.755. The molecule has 0 aliphatic carbocycles. The van der Waals surface area contributed by atoms with Gasteiger partial charge in [-0.3, -0.25) is 9.59 Å². The van der Waals surface area contributed by atoms with Crippen molar-refractivity contribution in [2.75, 3.05) is 19.7 Å². The smallest absolute Gasteiger partial charge is 0.325 e. The molecule has 1 rings (SSSR count). The summed E-state index contributed by atoms with van der Waals surface area (Å²) in [6, 6.07) is 4.85. The van der Waals surface area contributed by atoms with Gasteiger partial charge in [-0.05, 0) is 25.5 Å². The SMILES string of the molecule is CCCN(CC(=O)OCC)C(=O)c1c(Cl)cccc1Cl. The molecule has 0 spiro atoms. The Labute approximate surface area is 128 Å². The van der Waals surface area contributed by atoms with E-state index in [2.05, 4.69) is 0 Å². The van der Waals surface area contributed by atoms with Crippen LogP contribution in [0.4, 0.5) is 0 Å². The van der Waals surface area contributed by atoms with Crippen molar-refractivity contribution in [3.05, 3.63) is 33.8 Å². The number of amides is 1. The van der Waals surface area contributed by atoms with E-state index in [0.29, 0.717) is 13.0 Å². The molecule has 0 N–H and O–H groups in total. The normalized spacial score (nSPS) is 10.2. The lowest BCUT2D eigenvalue weighted by atomic mass is 10.2. The summed E-state index contributed by atoms with van der Waals surface area (Å²) in [6.45, 7) is 4.23. The summed E-state index contributed by atoms with van der Waals surface area (Å²) < 4.78 is 4.87. The Morgan fingerprint density at radius 2 is 1.80 bits per heavy atom. The fraction of sp³-hybridized carbons (Fsp3) is 0.429. The predicted molar refractivity (Wildman–Crippen MR) is 79.3 cm³/mol. The molecule has 0 atom stereocenters. The Morgan fingerprint density at radius 3 is 2.30 bits per heavy atom. The molecule has 110 valence electrons. The Balaban J connectivity index is 2.96. The highest BCUT2D eigenvalue weighted by atomic mass is 35.5. The van der Waals surface area contributed by atoms with Crippen LogP contribution in [0, 0.1) is 0 Å². The van der Waals surface area contributed by atoms with E-state index in [9.17, 15) is 9.59 Å². The van der Waals surface area contributed by atoms with Crippen molar-refractivity contribution in [1.29, 1.82) is 0 Å². The number of rotatable bonds is 6. The largest absolute Gasteiger partial charge is 0.465 e. The first kappa shape index (κ1) is 16.8. The van der Waals surface area contributed by atoms with Gasteiger partial charge in [0.1, 0.15) is 6.54 Å². The first-order valence-corrected chi connectivity index (χ1v) is 7.15. The van der Waals surface area contributed by atoms with Gasteiger partial charge < -0.3 is 9.64 Å². The third kappa shape index (κ3) is 4.39. The highest BCUT2D eigenvalue weighted by Gasteiger charge is 2.23. The zero-order valence-corrected chi connectivity index (χ0v) is 13.0. The van der Waals surface area contributed by atoms with Crippen molar-refractivity contribution in [3.8, 4) is 0 Å². The van der Waals surface area contributed by atoms with Gasteiger partial charge in [-0.1, -0.05) is 36.2 Å². The number of carbonyl (C=O) groups is 2. The summed E-state index contributed by atoms with van der Waals surface area (Å²) in [4.78, 5) is 25.4. The predicted octanol–water partition coefficient (Wildman–Crippen LogP) is 3.41. The van der Waals surface area contributed by atoms with Crippen molar-refractivity contribution in [1.82, 2.24) is 4.90 Å². The lowest BCUT2D eigenvalue weighted by Gasteiger charge is -2.22. The summed E-state index contributed by atoms with van der Waals surface area (Å²) in [5.41, 5.74) is 0.216. The fourth-order valence-corrected chi connectivity index (χ4v) is 2.30. The fourth-order valence-electron chi connectivity index (χ4n) is 1.75. The molecule has 1 aromatic rings. The number of benzene rings is 1. The molecule has 1 aromatic carbocycles. The monoisotopic (exact) mass is 317 g/mol. The van der Waals surface area contributed by atoms with Gasteiger partial charge in [-0.25, -0.2) is 0 Å². The van der Waals surface area contributed by atoms with Crippen molar-refractivity contribution in [2.45, 2.75) is 20.3 Å². The first-order valence-electron chi connectivity index (χ1n) is 6.40. The Bertz CT molecular complexity index is 471. The number of halogens is 2. The third-order valence-corrected chi connectivity index (χ3v) is 3.21. The number of carbonyl (C=O) groups excluding carboxylic acids is 2. The summed E-state index contributed by atoms with van der Waals surface area (Å²) in [6.07, 6.45) is 0.715. The molecule has 4 nitrogen and oxygen atoms in total. The van der Waals surface area contributed by atoms with Gasteiger partial charge in [0.25, 0.3) is 5.91 Å². The zero-order valence-electron chi connectivity index (χ0n) is 11.5. The Hall–Kier alpha value is -1.26. The highest BCUT2D eigenvalue weighted by molar-refractivity contribution is 6.39. The van der Waals surface area contributed by atoms with Gasteiger partial charge in [0.15, 0.2) is 0 Å². The summed E-state index contributed by atoms with van der Waals surface area (Å²) in [5, 5.41) is 0.542. The average Bonchev–Trinajstić information content (AvgIpc) is 2.38. The van der Waals surface area contributed by atoms with Gasteiger partial charge in [0, 0.05) is 6.54 Å². The number of ether oxygens (including phenoxy) is 1. The summed E-state index contributed by atoms with van der Waals surface area (Å²) >= 11 is 12.0. The maximum absolute atomic E-state index is 12.5. The molecular formula is C14H17Cl2NO3. The molecule has 0 saturated heterocycles. The highest BCUT2D eigenvalue weighted by Crippen LogP contribution is 2.25. The van der Waals surface area contributed by atoms with Gasteiger partial charge in [0.05, 0.1) is 22.2 Å². The van der Waals surface area contributed by atoms with E-state index in [1.165, 1.54) is 4.90 Å². The Kier molecular flexibility index (Phi) is 6.82. The van der Waals surface area contributed by atoms with E-state index in [1.54, 1.807) is 25.1 Å². The van der Waals surface area contributed by atoms with E-state index in [1.807, 2.05) is 6.92 Å². The third-order valence-electron chi connectivity index (χ3n) is 2.58. The molecular weight excluding hydrogens is 301 g/mol. The molecule has 0 aliphatic heterocycles. The second-order valence-corrected chi connectivity index (χ2v) is 4.94. The first-order chi connectivity index (χ1) is 9.51. The number of esters is 1. The van der Waals surface area contributed by atoms with Crippen LogP contribution in [0.5, 0.6) is 0 Å². The van der Waals surface area contributed by atoms with E-state index < -0.39 is 5.97 Å². The van der Waals surface area contributed by atoms with E-state index >= 15 is 0 Å². The van der Waals surface area contributed by atoms with Crippen LogP contribution in [-0.2, 0) is 9.53 Å². The van der Waals surface area contributed by atoms with Crippen LogP contribution in [0.1, 0.15) is 30.6 Å². The molecule has 0 saturated carbocycles. The molecule has 20 heavy (non-hydrogen) atoms. The molecule has 6 heteroatoms. The minimum Gasteiger partial charge on any atom is -0.465 e. The van der Waals surface area contributed by atoms with Gasteiger partial charge in [-0.2, -0.15) is 0 Å². The van der Waals surface area contributed by atoms with Crippen molar-refractivity contribution < 1.29 is 14.3 Å². The number of hydrogen-bond donors (Lipinski definition) is 0. The zero-order chi connectivity index (χ0) is 15.1. The van der Waals surface area contributed by atoms with Gasteiger partial charge in [-0.15, -0.1) is 0 Å². The second kappa shape index (κ2) is 8.12. The van der Waals surface area contributed by atoms with Crippen LogP contribution in [0.15, 0.2) is 18.2 Å². The van der Waals surface area contributed by atoms with Crippen LogP contribution in [0.2, 0.25) is 10.0 Å². The van der Waals surface area contributed by atoms with E-state index in [4.69, 9.17) is 27.9 Å². The molecule has 0 unspecified atom stereocenters. The lowest BCUT2D eigenvalue weighted by Crippen LogP contribution is -2.37. The van der Waals surface area contributed by atoms with E-state index in [0.717, 1.165) is 0 Å². The molecule has 0 fully saturated rings. The summed E-state index contributed by atoms with van der Waals surface area (Å²) in [7, 11) is 0. The minimum absolute atomic E-state index is 0.109. The van der Waals surface area contributed by atoms with Crippen LogP contribution in [-0.4, -0.2) is 36.5 Å². The molecule has 1 amide bonds. The van der Waals surface area contributed by atoms with Crippen LogP contribution in [0.3, 0.4) is 0 Å². The molecule has 0 heterocycles. The van der Waals surface area contributed by atoms with Crippen molar-refractivity contribution >= 4 is 35.1 Å². The standard InChI is InChI=1S/C14H17Cl2NO3/c1-3-8-17(9-12(18)20-4-2)14(19)13-10(15)6-5-7-11(13)16/h5-7H,3-4,8-9H2,1-2H3. The minimum atomic E-state index is -0.447. The van der Waals surface area contributed by atoms with Gasteiger partial charge in [0.2, 0.25) is 0 Å². The molecule has 0 aliphatic rings. The van der Waals surface area contributed by atoms with Crippen molar-refractivity contribution in [2.24, 2.45) is 0 Å². The lowest BCUT2D eigenvalue weighted by molar-refractivity contribution is -0.143. The number of nitrogens with zero attached hydrogens (tertiary/aromatic N) is 1. The molecule has 0 aromatic heterocycles. The molecule has 0 radical (unpaired) electrons. The maximum atomic E-state index is 12.5. The van der Waals surface area contributed by atoms with Crippen molar-refractivity contribution in [3.63, 3.8) is 0 Å².